The molecule has 57 heavy (non-hydrogen) atoms. The summed E-state index contributed by atoms with van der Waals surface area (Å²) in [5.41, 5.74) is 8.13. The van der Waals surface area contributed by atoms with E-state index in [0.29, 0.717) is 30.3 Å². The monoisotopic (exact) mass is 784 g/mol. The van der Waals surface area contributed by atoms with E-state index in [9.17, 15) is 15.3 Å². The highest BCUT2D eigenvalue weighted by Gasteiger charge is 2.43. The van der Waals surface area contributed by atoms with E-state index in [-0.39, 0.29) is 50.5 Å². The third-order valence-corrected chi connectivity index (χ3v) is 12.4. The summed E-state index contributed by atoms with van der Waals surface area (Å²) in [4.78, 5) is 0. The molecule has 1 fully saturated rings. The molecular formula is C51H81N3O3. The van der Waals surface area contributed by atoms with E-state index in [1.54, 1.807) is 0 Å². The lowest BCUT2D eigenvalue weighted by atomic mass is 9.76. The van der Waals surface area contributed by atoms with Gasteiger partial charge in [0.15, 0.2) is 0 Å². The van der Waals surface area contributed by atoms with E-state index in [4.69, 9.17) is 0 Å². The lowest BCUT2D eigenvalue weighted by molar-refractivity contribution is -0.263. The molecular weight excluding hydrogens is 703 g/mol. The summed E-state index contributed by atoms with van der Waals surface area (Å²) in [6, 6.07) is 13.7. The maximum atomic E-state index is 11.6. The molecule has 0 aliphatic carbocycles. The minimum Gasteiger partial charge on any atom is -0.507 e. The first-order valence-corrected chi connectivity index (χ1v) is 21.4. The largest absolute Gasteiger partial charge is 0.507 e. The number of phenolic OH excluding ortho intramolecular Hbond substituents is 3. The van der Waals surface area contributed by atoms with Gasteiger partial charge in [0, 0.05) is 32.2 Å². The third-order valence-electron chi connectivity index (χ3n) is 12.4. The Hall–Kier alpha value is -3.06. The lowest BCUT2D eigenvalue weighted by Gasteiger charge is -2.55. The number of rotatable bonds is 6. The summed E-state index contributed by atoms with van der Waals surface area (Å²) >= 11 is 0. The molecule has 0 bridgehead atoms. The molecule has 0 amide bonds. The van der Waals surface area contributed by atoms with Crippen molar-refractivity contribution in [3.05, 3.63) is 86.5 Å². The summed E-state index contributed by atoms with van der Waals surface area (Å²) in [6.45, 7) is 45.4. The maximum Gasteiger partial charge on any atom is 0.123 e. The zero-order valence-electron chi connectivity index (χ0n) is 40.0. The quantitative estimate of drug-likeness (QED) is 0.231. The van der Waals surface area contributed by atoms with Gasteiger partial charge in [-0.15, -0.1) is 0 Å². The SMILES string of the molecule is CC1C(Cc2cc(C(C)(C)C)c(O)c(C(C)(C)C)c2)C(C)N(Cc2cc(C(C)(C)C)c(O)c(C(C)(C)C)c2)N(C)N1Cc1cc(C(C)(C)C)c(O)c(C(C)(C)C)c1. The minimum atomic E-state index is -0.231. The number of phenols is 3. The van der Waals surface area contributed by atoms with Crippen molar-refractivity contribution >= 4 is 0 Å². The topological polar surface area (TPSA) is 70.4 Å². The Morgan fingerprint density at radius 3 is 0.825 bits per heavy atom. The van der Waals surface area contributed by atoms with Crippen LogP contribution in [-0.2, 0) is 52.0 Å². The number of hydrogen-bond acceptors (Lipinski definition) is 6. The number of nitrogens with zero attached hydrogens (tertiary/aromatic N) is 3. The van der Waals surface area contributed by atoms with Crippen molar-refractivity contribution in [3.63, 3.8) is 0 Å². The molecule has 2 unspecified atom stereocenters. The summed E-state index contributed by atoms with van der Waals surface area (Å²) in [6.07, 6.45) is 0.849. The lowest BCUT2D eigenvalue weighted by Crippen LogP contribution is -2.66. The van der Waals surface area contributed by atoms with Crippen molar-refractivity contribution in [3.8, 4) is 17.2 Å². The summed E-state index contributed by atoms with van der Waals surface area (Å²) < 4.78 is 0. The van der Waals surface area contributed by atoms with E-state index in [1.807, 2.05) is 0 Å². The molecule has 0 aromatic heterocycles. The number of hydrogen-bond donors (Lipinski definition) is 3. The van der Waals surface area contributed by atoms with Crippen molar-refractivity contribution < 1.29 is 15.3 Å². The van der Waals surface area contributed by atoms with Crippen LogP contribution in [0, 0.1) is 5.92 Å². The molecule has 0 spiro atoms. The van der Waals surface area contributed by atoms with Crippen LogP contribution in [-0.4, -0.2) is 49.6 Å². The predicted octanol–water partition coefficient (Wildman–Crippen LogP) is 12.3. The van der Waals surface area contributed by atoms with Crippen molar-refractivity contribution in [2.24, 2.45) is 5.92 Å². The molecule has 318 valence electrons. The van der Waals surface area contributed by atoms with Gasteiger partial charge in [-0.1, -0.05) is 161 Å². The summed E-state index contributed by atoms with van der Waals surface area (Å²) in [5.74, 6) is 1.45. The van der Waals surface area contributed by atoms with Crippen LogP contribution in [0.4, 0.5) is 0 Å². The second kappa shape index (κ2) is 15.5. The number of hydrazine groups is 2. The molecule has 1 heterocycles. The van der Waals surface area contributed by atoms with Crippen molar-refractivity contribution in [2.45, 2.75) is 203 Å². The van der Waals surface area contributed by atoms with Gasteiger partial charge in [0.25, 0.3) is 0 Å². The van der Waals surface area contributed by atoms with Crippen molar-refractivity contribution in [1.29, 1.82) is 0 Å². The van der Waals surface area contributed by atoms with Crippen LogP contribution in [0.1, 0.15) is 189 Å². The summed E-state index contributed by atoms with van der Waals surface area (Å²) in [7, 11) is 2.20. The van der Waals surface area contributed by atoms with E-state index < -0.39 is 0 Å². The molecule has 3 aromatic carbocycles. The zero-order valence-corrected chi connectivity index (χ0v) is 40.0. The molecule has 3 N–H and O–H groups in total. The Kier molecular flexibility index (Phi) is 12.7. The Morgan fingerprint density at radius 2 is 0.614 bits per heavy atom. The fourth-order valence-electron chi connectivity index (χ4n) is 8.81. The Morgan fingerprint density at radius 1 is 0.404 bits per heavy atom. The van der Waals surface area contributed by atoms with Gasteiger partial charge in [-0.05, 0) is 109 Å². The first-order chi connectivity index (χ1) is 25.5. The van der Waals surface area contributed by atoms with Gasteiger partial charge < -0.3 is 15.3 Å². The van der Waals surface area contributed by atoms with Crippen LogP contribution in [0.3, 0.4) is 0 Å². The van der Waals surface area contributed by atoms with Crippen LogP contribution >= 0.6 is 0 Å². The molecule has 2 atom stereocenters. The summed E-state index contributed by atoms with van der Waals surface area (Å²) in [5, 5.41) is 42.3. The van der Waals surface area contributed by atoms with Gasteiger partial charge in [-0.2, -0.15) is 5.12 Å². The average molecular weight is 784 g/mol. The Labute approximate surface area is 348 Å². The fraction of sp³-hybridized carbons (Fsp3) is 0.647. The molecule has 6 heteroatoms. The molecule has 1 aliphatic heterocycles. The Balaban J connectivity index is 1.94. The van der Waals surface area contributed by atoms with E-state index in [0.717, 1.165) is 39.8 Å². The molecule has 4 rings (SSSR count). The fourth-order valence-corrected chi connectivity index (χ4v) is 8.81. The van der Waals surface area contributed by atoms with Crippen LogP contribution in [0.2, 0.25) is 0 Å². The first kappa shape index (κ1) is 46.6. The van der Waals surface area contributed by atoms with Gasteiger partial charge in [0.1, 0.15) is 17.2 Å². The first-order valence-electron chi connectivity index (χ1n) is 21.4. The molecule has 0 radical (unpaired) electrons. The second-order valence-corrected chi connectivity index (χ2v) is 23.7. The number of benzene rings is 3. The van der Waals surface area contributed by atoms with Gasteiger partial charge in [-0.3, -0.25) is 0 Å². The third kappa shape index (κ3) is 10.0. The zero-order chi connectivity index (χ0) is 43.8. The van der Waals surface area contributed by atoms with Crippen LogP contribution in [0.5, 0.6) is 17.2 Å². The smallest absolute Gasteiger partial charge is 0.123 e. The normalized spacial score (nSPS) is 20.1. The predicted molar refractivity (Wildman–Crippen MR) is 241 cm³/mol. The van der Waals surface area contributed by atoms with E-state index >= 15 is 0 Å². The van der Waals surface area contributed by atoms with Gasteiger partial charge in [0.2, 0.25) is 0 Å². The minimum absolute atomic E-state index is 0.159. The van der Waals surface area contributed by atoms with E-state index in [1.165, 1.54) is 16.7 Å². The van der Waals surface area contributed by atoms with E-state index in [2.05, 4.69) is 197 Å². The van der Waals surface area contributed by atoms with Gasteiger partial charge >= 0.3 is 0 Å². The highest BCUT2D eigenvalue weighted by molar-refractivity contribution is 5.52. The molecule has 3 aromatic rings. The average Bonchev–Trinajstić information content (AvgIpc) is 3.02. The second-order valence-electron chi connectivity index (χ2n) is 23.7. The van der Waals surface area contributed by atoms with Crippen molar-refractivity contribution in [2.75, 3.05) is 7.05 Å². The molecule has 1 aliphatic rings. The van der Waals surface area contributed by atoms with Crippen LogP contribution in [0.25, 0.3) is 0 Å². The number of aromatic hydroxyl groups is 3. The van der Waals surface area contributed by atoms with Gasteiger partial charge in [-0.25, -0.2) is 10.0 Å². The molecule has 1 saturated heterocycles. The standard InChI is InChI=1S/C51H81N3O3/c1-31-36(22-33-23-37(46(3,4)5)43(55)38(24-33)47(6,7)8)32(2)54(30-35-27-41(50(15,16)17)45(57)42(28-35)51(18,19)20)52(21)53(31)29-34-25-39(48(9,10)11)44(56)40(26-34)49(12,13)14/h23-28,31-32,36,55-57H,22,29-30H2,1-21H3. The van der Waals surface area contributed by atoms with Gasteiger partial charge in [0.05, 0.1) is 0 Å². The van der Waals surface area contributed by atoms with Crippen LogP contribution in [0.15, 0.2) is 36.4 Å². The van der Waals surface area contributed by atoms with Crippen LogP contribution < -0.4 is 0 Å². The molecule has 0 saturated carbocycles. The highest BCUT2D eigenvalue weighted by atomic mass is 16.3. The maximum absolute atomic E-state index is 11.6. The van der Waals surface area contributed by atoms with Crippen molar-refractivity contribution in [1.82, 2.24) is 15.1 Å². The Bertz CT molecular complexity index is 1580. The molecule has 6 nitrogen and oxygen atoms in total. The highest BCUT2D eigenvalue weighted by Crippen LogP contribution is 2.45.